The Hall–Kier alpha value is -1.33. The maximum atomic E-state index is 11.9. The summed E-state index contributed by atoms with van der Waals surface area (Å²) in [5.41, 5.74) is -0.483. The summed E-state index contributed by atoms with van der Waals surface area (Å²) in [6, 6.07) is 0. The lowest BCUT2D eigenvalue weighted by Crippen LogP contribution is -2.45. The van der Waals surface area contributed by atoms with Gasteiger partial charge in [0.1, 0.15) is 5.60 Å². The molecule has 1 amide bonds. The number of hydrogen-bond donors (Lipinski definition) is 0. The fourth-order valence-electron chi connectivity index (χ4n) is 2.39. The second kappa shape index (κ2) is 6.21. The summed E-state index contributed by atoms with van der Waals surface area (Å²) in [6.07, 6.45) is 1.12. The van der Waals surface area contributed by atoms with Crippen LogP contribution in [0.1, 0.15) is 40.5 Å². The van der Waals surface area contributed by atoms with Crippen LogP contribution in [0.5, 0.6) is 0 Å². The van der Waals surface area contributed by atoms with E-state index in [1.165, 1.54) is 0 Å². The Labute approximate surface area is 114 Å². The molecule has 0 N–H and O–H groups in total. The molecule has 0 aromatic rings. The number of piperidine rings is 1. The van der Waals surface area contributed by atoms with Crippen LogP contribution in [-0.2, 0) is 4.74 Å². The number of carbonyl (C=O) groups is 1. The highest BCUT2D eigenvalue weighted by Gasteiger charge is 2.31. The fourth-order valence-corrected chi connectivity index (χ4v) is 2.39. The second-order valence-electron chi connectivity index (χ2n) is 6.30. The first kappa shape index (κ1) is 15.7. The van der Waals surface area contributed by atoms with Crippen molar-refractivity contribution in [1.29, 1.82) is 0 Å². The Balaban J connectivity index is 2.44. The Bertz CT molecular complexity index is 338. The van der Waals surface area contributed by atoms with Gasteiger partial charge < -0.3 is 9.64 Å². The Morgan fingerprint density at radius 1 is 1.47 bits per heavy atom. The predicted octanol–water partition coefficient (Wildman–Crippen LogP) is 2.55. The zero-order valence-electron chi connectivity index (χ0n) is 12.2. The summed E-state index contributed by atoms with van der Waals surface area (Å²) >= 11 is 0. The number of nitro groups is 1. The highest BCUT2D eigenvalue weighted by Crippen LogP contribution is 2.27. The van der Waals surface area contributed by atoms with Crippen molar-refractivity contribution in [3.05, 3.63) is 10.1 Å². The van der Waals surface area contributed by atoms with Crippen molar-refractivity contribution in [2.24, 2.45) is 11.8 Å². The van der Waals surface area contributed by atoms with Gasteiger partial charge in [-0.2, -0.15) is 0 Å². The van der Waals surface area contributed by atoms with Crippen LogP contribution in [-0.4, -0.2) is 41.2 Å². The zero-order valence-corrected chi connectivity index (χ0v) is 12.2. The van der Waals surface area contributed by atoms with Crippen LogP contribution in [0.2, 0.25) is 0 Å². The smallest absolute Gasteiger partial charge is 0.410 e. The molecule has 110 valence electrons. The summed E-state index contributed by atoms with van der Waals surface area (Å²) in [6.45, 7) is 8.84. The minimum absolute atomic E-state index is 0.0153. The van der Waals surface area contributed by atoms with Crippen LogP contribution in [0.25, 0.3) is 0 Å². The molecule has 1 fully saturated rings. The normalized spacial score (nSPS) is 24.1. The van der Waals surface area contributed by atoms with Gasteiger partial charge in [0.15, 0.2) is 0 Å². The maximum absolute atomic E-state index is 11.9. The molecule has 1 aliphatic rings. The van der Waals surface area contributed by atoms with Gasteiger partial charge in [0, 0.05) is 24.4 Å². The van der Waals surface area contributed by atoms with E-state index in [4.69, 9.17) is 4.74 Å². The molecule has 0 radical (unpaired) electrons. The number of hydrogen-bond acceptors (Lipinski definition) is 4. The van der Waals surface area contributed by atoms with E-state index in [2.05, 4.69) is 0 Å². The van der Waals surface area contributed by atoms with Crippen LogP contribution in [0.4, 0.5) is 4.79 Å². The lowest BCUT2D eigenvalue weighted by Gasteiger charge is -2.37. The van der Waals surface area contributed by atoms with E-state index in [0.717, 1.165) is 6.42 Å². The SMILES string of the molecule is CC1CN(C(=O)OC(C)(C)C)CCC1CC[N+](=O)[O-]. The van der Waals surface area contributed by atoms with E-state index < -0.39 is 5.60 Å². The van der Waals surface area contributed by atoms with Gasteiger partial charge >= 0.3 is 6.09 Å². The van der Waals surface area contributed by atoms with E-state index >= 15 is 0 Å². The third kappa shape index (κ3) is 5.44. The van der Waals surface area contributed by atoms with E-state index in [1.54, 1.807) is 4.90 Å². The van der Waals surface area contributed by atoms with Crippen molar-refractivity contribution >= 4 is 6.09 Å². The first-order valence-corrected chi connectivity index (χ1v) is 6.79. The number of rotatable bonds is 3. The van der Waals surface area contributed by atoms with E-state index in [0.29, 0.717) is 25.4 Å². The predicted molar refractivity (Wildman–Crippen MR) is 71.6 cm³/mol. The standard InChI is InChI=1S/C13H24N2O4/c1-10-9-14(12(16)19-13(2,3)4)7-5-11(10)6-8-15(17)18/h10-11H,5-9H2,1-4H3. The quantitative estimate of drug-likeness (QED) is 0.584. The van der Waals surface area contributed by atoms with Crippen LogP contribution in [0.15, 0.2) is 0 Å². The summed E-state index contributed by atoms with van der Waals surface area (Å²) in [4.78, 5) is 23.8. The molecule has 19 heavy (non-hydrogen) atoms. The molecular weight excluding hydrogens is 248 g/mol. The van der Waals surface area contributed by atoms with Gasteiger partial charge in [0.25, 0.3) is 0 Å². The first-order chi connectivity index (χ1) is 8.69. The minimum atomic E-state index is -0.483. The Morgan fingerprint density at radius 2 is 2.11 bits per heavy atom. The molecule has 0 aromatic carbocycles. The average molecular weight is 272 g/mol. The van der Waals surface area contributed by atoms with E-state index in [9.17, 15) is 14.9 Å². The van der Waals surface area contributed by atoms with E-state index in [1.807, 2.05) is 27.7 Å². The van der Waals surface area contributed by atoms with Crippen LogP contribution in [0, 0.1) is 22.0 Å². The molecule has 0 aromatic heterocycles. The number of ether oxygens (including phenoxy) is 1. The van der Waals surface area contributed by atoms with Gasteiger partial charge in [-0.1, -0.05) is 6.92 Å². The Kier molecular flexibility index (Phi) is 5.14. The lowest BCUT2D eigenvalue weighted by atomic mass is 9.84. The average Bonchev–Trinajstić information content (AvgIpc) is 2.24. The molecule has 1 saturated heterocycles. The molecule has 6 heteroatoms. The van der Waals surface area contributed by atoms with Crippen molar-refractivity contribution in [1.82, 2.24) is 4.90 Å². The monoisotopic (exact) mass is 272 g/mol. The van der Waals surface area contributed by atoms with Crippen molar-refractivity contribution in [3.63, 3.8) is 0 Å². The van der Waals surface area contributed by atoms with Crippen molar-refractivity contribution in [2.45, 2.75) is 46.1 Å². The van der Waals surface area contributed by atoms with Gasteiger partial charge in [-0.05, 0) is 39.0 Å². The summed E-state index contributed by atoms with van der Waals surface area (Å²) in [5.74, 6) is 0.602. The maximum Gasteiger partial charge on any atom is 0.410 e. The number of amides is 1. The van der Waals surface area contributed by atoms with E-state index in [-0.39, 0.29) is 23.5 Å². The van der Waals surface area contributed by atoms with Gasteiger partial charge in [0.2, 0.25) is 6.54 Å². The third-order valence-corrected chi connectivity index (χ3v) is 3.42. The zero-order chi connectivity index (χ0) is 14.6. The van der Waals surface area contributed by atoms with Gasteiger partial charge in [-0.15, -0.1) is 0 Å². The summed E-state index contributed by atoms with van der Waals surface area (Å²) in [5, 5.41) is 10.4. The molecule has 2 atom stereocenters. The van der Waals surface area contributed by atoms with Crippen LogP contribution >= 0.6 is 0 Å². The molecule has 6 nitrogen and oxygen atoms in total. The molecule has 1 rings (SSSR count). The Morgan fingerprint density at radius 3 is 2.58 bits per heavy atom. The lowest BCUT2D eigenvalue weighted by molar-refractivity contribution is -0.482. The molecule has 1 aliphatic heterocycles. The molecule has 0 saturated carbocycles. The third-order valence-electron chi connectivity index (χ3n) is 3.42. The van der Waals surface area contributed by atoms with Gasteiger partial charge in [0.05, 0.1) is 0 Å². The van der Waals surface area contributed by atoms with Gasteiger partial charge in [-0.25, -0.2) is 4.79 Å². The largest absolute Gasteiger partial charge is 0.444 e. The second-order valence-corrected chi connectivity index (χ2v) is 6.30. The molecule has 2 unspecified atom stereocenters. The summed E-state index contributed by atoms with van der Waals surface area (Å²) < 4.78 is 5.34. The fraction of sp³-hybridized carbons (Fsp3) is 0.923. The molecule has 0 aliphatic carbocycles. The number of likely N-dealkylation sites (tertiary alicyclic amines) is 1. The van der Waals surface area contributed by atoms with Gasteiger partial charge in [-0.3, -0.25) is 10.1 Å². The van der Waals surface area contributed by atoms with Crippen LogP contribution < -0.4 is 0 Å². The molecular formula is C13H24N2O4. The first-order valence-electron chi connectivity index (χ1n) is 6.79. The van der Waals surface area contributed by atoms with Crippen molar-refractivity contribution in [3.8, 4) is 0 Å². The van der Waals surface area contributed by atoms with Crippen molar-refractivity contribution in [2.75, 3.05) is 19.6 Å². The summed E-state index contributed by atoms with van der Waals surface area (Å²) in [7, 11) is 0. The topological polar surface area (TPSA) is 72.7 Å². The van der Waals surface area contributed by atoms with Crippen molar-refractivity contribution < 1.29 is 14.5 Å². The number of carbonyl (C=O) groups excluding carboxylic acids is 1. The highest BCUT2D eigenvalue weighted by atomic mass is 16.6. The molecule has 0 spiro atoms. The minimum Gasteiger partial charge on any atom is -0.444 e. The number of nitrogens with zero attached hydrogens (tertiary/aromatic N) is 2. The molecule has 1 heterocycles. The van der Waals surface area contributed by atoms with Crippen LogP contribution in [0.3, 0.4) is 0 Å². The molecule has 0 bridgehead atoms. The highest BCUT2D eigenvalue weighted by molar-refractivity contribution is 5.68.